The van der Waals surface area contributed by atoms with Crippen LogP contribution in [0.4, 0.5) is 5.69 Å². The molecule has 0 amide bonds. The molecule has 2 aromatic rings. The maximum atomic E-state index is 11.6. The largest absolute Gasteiger partial charge is 0.497 e. The quantitative estimate of drug-likeness (QED) is 0.646. The van der Waals surface area contributed by atoms with Crippen LogP contribution in [0.5, 0.6) is 5.75 Å². The first-order chi connectivity index (χ1) is 9.51. The number of methoxy groups -OCH3 is 1. The Kier molecular flexibility index (Phi) is 3.65. The maximum absolute atomic E-state index is 11.6. The molecule has 1 aromatic carbocycles. The van der Waals surface area contributed by atoms with E-state index in [1.165, 1.54) is 7.11 Å². The van der Waals surface area contributed by atoms with Crippen LogP contribution in [0.2, 0.25) is 0 Å². The van der Waals surface area contributed by atoms with E-state index >= 15 is 0 Å². The van der Waals surface area contributed by atoms with Crippen molar-refractivity contribution in [3.63, 3.8) is 0 Å². The number of aromatic amines is 1. The van der Waals surface area contributed by atoms with Crippen molar-refractivity contribution in [3.05, 3.63) is 67.0 Å². The molecule has 20 heavy (non-hydrogen) atoms. The van der Waals surface area contributed by atoms with Gasteiger partial charge in [0.05, 0.1) is 24.8 Å². The van der Waals surface area contributed by atoms with Crippen LogP contribution in [-0.2, 0) is 6.54 Å². The number of H-pyrrole nitrogens is 1. The van der Waals surface area contributed by atoms with Crippen LogP contribution in [0, 0.1) is 10.1 Å². The fraction of sp³-hybridized carbons (Fsp3) is 0.167. The fourth-order valence-electron chi connectivity index (χ4n) is 1.71. The maximum Gasteiger partial charge on any atom is 0.350 e. The zero-order valence-electron chi connectivity index (χ0n) is 10.5. The van der Waals surface area contributed by atoms with Crippen molar-refractivity contribution < 1.29 is 9.66 Å². The minimum atomic E-state index is -1.01. The van der Waals surface area contributed by atoms with Crippen molar-refractivity contribution in [2.45, 2.75) is 6.54 Å². The third-order valence-electron chi connectivity index (χ3n) is 2.68. The molecular weight excluding hydrogens is 266 g/mol. The van der Waals surface area contributed by atoms with Crippen molar-refractivity contribution in [1.29, 1.82) is 0 Å². The van der Waals surface area contributed by atoms with Crippen LogP contribution in [0.1, 0.15) is 5.56 Å². The number of nitro groups is 1. The summed E-state index contributed by atoms with van der Waals surface area (Å²) in [6, 6.07) is 6.91. The van der Waals surface area contributed by atoms with Gasteiger partial charge < -0.3 is 4.74 Å². The number of hydrogen-bond donors (Lipinski definition) is 1. The Hall–Kier alpha value is -2.90. The van der Waals surface area contributed by atoms with E-state index in [4.69, 9.17) is 4.74 Å². The second-order valence-corrected chi connectivity index (χ2v) is 4.01. The van der Waals surface area contributed by atoms with Crippen LogP contribution >= 0.6 is 0 Å². The molecule has 0 bridgehead atoms. The van der Waals surface area contributed by atoms with E-state index < -0.39 is 21.9 Å². The summed E-state index contributed by atoms with van der Waals surface area (Å²) in [5.74, 6) is 0.606. The van der Waals surface area contributed by atoms with Crippen LogP contribution < -0.4 is 16.0 Å². The van der Waals surface area contributed by atoms with Crippen molar-refractivity contribution in [3.8, 4) is 5.75 Å². The van der Waals surface area contributed by atoms with Gasteiger partial charge in [0, 0.05) is 0 Å². The van der Waals surface area contributed by atoms with Gasteiger partial charge in [-0.2, -0.15) is 0 Å². The zero-order chi connectivity index (χ0) is 14.7. The zero-order valence-corrected chi connectivity index (χ0v) is 10.5. The Morgan fingerprint density at radius 1 is 1.40 bits per heavy atom. The summed E-state index contributed by atoms with van der Waals surface area (Å²) < 4.78 is 6.11. The van der Waals surface area contributed by atoms with Crippen molar-refractivity contribution in [1.82, 2.24) is 9.55 Å². The molecule has 1 aromatic heterocycles. The molecule has 8 heteroatoms. The predicted molar refractivity (Wildman–Crippen MR) is 70.1 cm³/mol. The second kappa shape index (κ2) is 5.39. The van der Waals surface area contributed by atoms with Gasteiger partial charge in [-0.1, -0.05) is 12.1 Å². The van der Waals surface area contributed by atoms with Gasteiger partial charge in [0.2, 0.25) is 0 Å². The molecule has 1 N–H and O–H groups in total. The molecule has 0 aliphatic heterocycles. The van der Waals surface area contributed by atoms with E-state index in [1.54, 1.807) is 24.3 Å². The first-order valence-electron chi connectivity index (χ1n) is 5.62. The third-order valence-corrected chi connectivity index (χ3v) is 2.68. The SMILES string of the molecule is COc1cccc(Cn2cc([N+](=O)[O-])c(=O)[nH]c2=O)c1. The summed E-state index contributed by atoms with van der Waals surface area (Å²) in [6.45, 7) is 0.0909. The lowest BCUT2D eigenvalue weighted by atomic mass is 10.2. The molecule has 0 spiro atoms. The lowest BCUT2D eigenvalue weighted by molar-refractivity contribution is -0.386. The predicted octanol–water partition coefficient (Wildman–Crippen LogP) is 0.502. The smallest absolute Gasteiger partial charge is 0.350 e. The second-order valence-electron chi connectivity index (χ2n) is 4.01. The number of aromatic nitrogens is 2. The number of rotatable bonds is 4. The van der Waals surface area contributed by atoms with Crippen LogP contribution in [0.25, 0.3) is 0 Å². The van der Waals surface area contributed by atoms with Gasteiger partial charge in [-0.3, -0.25) is 24.5 Å². The first-order valence-corrected chi connectivity index (χ1v) is 5.62. The summed E-state index contributed by atoms with van der Waals surface area (Å²) in [6.07, 6.45) is 0.931. The van der Waals surface area contributed by atoms with Crippen LogP contribution in [0.3, 0.4) is 0 Å². The summed E-state index contributed by atoms with van der Waals surface area (Å²) in [7, 11) is 1.51. The number of benzene rings is 1. The normalized spacial score (nSPS) is 10.2. The van der Waals surface area contributed by atoms with E-state index in [0.29, 0.717) is 11.3 Å². The average Bonchev–Trinajstić information content (AvgIpc) is 2.41. The molecule has 0 aliphatic carbocycles. The highest BCUT2D eigenvalue weighted by Crippen LogP contribution is 2.13. The van der Waals surface area contributed by atoms with Gasteiger partial charge in [-0.25, -0.2) is 4.79 Å². The molecule has 0 radical (unpaired) electrons. The van der Waals surface area contributed by atoms with Crippen LogP contribution in [-0.4, -0.2) is 21.6 Å². The Morgan fingerprint density at radius 2 is 2.15 bits per heavy atom. The minimum absolute atomic E-state index is 0.0909. The van der Waals surface area contributed by atoms with Crippen molar-refractivity contribution in [2.75, 3.05) is 7.11 Å². The van der Waals surface area contributed by atoms with Crippen molar-refractivity contribution in [2.24, 2.45) is 0 Å². The standard InChI is InChI=1S/C12H11N3O5/c1-20-9-4-2-3-8(5-9)6-14-7-10(15(18)19)11(16)13-12(14)17/h2-5,7H,6H2,1H3,(H,13,16,17). The molecule has 1 heterocycles. The van der Waals surface area contributed by atoms with E-state index in [1.807, 2.05) is 4.98 Å². The highest BCUT2D eigenvalue weighted by Gasteiger charge is 2.14. The first kappa shape index (κ1) is 13.5. The highest BCUT2D eigenvalue weighted by molar-refractivity contribution is 5.29. The molecule has 8 nitrogen and oxygen atoms in total. The minimum Gasteiger partial charge on any atom is -0.497 e. The van der Waals surface area contributed by atoms with Crippen molar-refractivity contribution >= 4 is 5.69 Å². The fourth-order valence-corrected chi connectivity index (χ4v) is 1.71. The molecule has 0 atom stereocenters. The molecule has 0 aliphatic rings. The van der Waals surface area contributed by atoms with E-state index in [9.17, 15) is 19.7 Å². The topological polar surface area (TPSA) is 107 Å². The summed E-state index contributed by atoms with van der Waals surface area (Å²) in [5.41, 5.74) is -1.68. The lowest BCUT2D eigenvalue weighted by Crippen LogP contribution is -2.31. The van der Waals surface area contributed by atoms with Gasteiger partial charge in [-0.15, -0.1) is 0 Å². The Balaban J connectivity index is 2.43. The monoisotopic (exact) mass is 277 g/mol. The molecule has 104 valence electrons. The van der Waals surface area contributed by atoms with Crippen LogP contribution in [0.15, 0.2) is 40.1 Å². The number of nitrogens with one attached hydrogen (secondary N) is 1. The number of nitrogens with zero attached hydrogens (tertiary/aromatic N) is 2. The molecule has 2 rings (SSSR count). The Morgan fingerprint density at radius 3 is 2.80 bits per heavy atom. The molecule has 0 saturated carbocycles. The molecule has 0 saturated heterocycles. The van der Waals surface area contributed by atoms with Gasteiger partial charge >= 0.3 is 16.9 Å². The molecular formula is C12H11N3O5. The van der Waals surface area contributed by atoms with E-state index in [-0.39, 0.29) is 6.54 Å². The average molecular weight is 277 g/mol. The number of hydrogen-bond acceptors (Lipinski definition) is 5. The van der Waals surface area contributed by atoms with Gasteiger partial charge in [0.1, 0.15) is 5.75 Å². The molecule has 0 unspecified atom stereocenters. The highest BCUT2D eigenvalue weighted by atomic mass is 16.6. The van der Waals surface area contributed by atoms with E-state index in [0.717, 1.165) is 10.8 Å². The summed E-state index contributed by atoms with van der Waals surface area (Å²) >= 11 is 0. The lowest BCUT2D eigenvalue weighted by Gasteiger charge is -2.06. The van der Waals surface area contributed by atoms with Gasteiger partial charge in [0.15, 0.2) is 0 Å². The molecule has 0 fully saturated rings. The third kappa shape index (κ3) is 2.74. The Bertz CT molecular complexity index is 762. The van der Waals surface area contributed by atoms with Gasteiger partial charge in [0.25, 0.3) is 0 Å². The van der Waals surface area contributed by atoms with Gasteiger partial charge in [-0.05, 0) is 17.7 Å². The Labute approximate surface area is 112 Å². The summed E-state index contributed by atoms with van der Waals surface area (Å²) in [4.78, 5) is 34.7. The summed E-state index contributed by atoms with van der Waals surface area (Å²) in [5, 5.41) is 10.7. The number of ether oxygens (including phenoxy) is 1. The van der Waals surface area contributed by atoms with E-state index in [2.05, 4.69) is 0 Å².